The molecule has 232 valence electrons. The van der Waals surface area contributed by atoms with E-state index in [0.717, 1.165) is 27.5 Å². The van der Waals surface area contributed by atoms with E-state index in [1.54, 1.807) is 15.9 Å². The average molecular weight is 599 g/mol. The zero-order valence-corrected chi connectivity index (χ0v) is 26.0. The lowest BCUT2D eigenvalue weighted by atomic mass is 9.94. The first kappa shape index (κ1) is 31.0. The summed E-state index contributed by atoms with van der Waals surface area (Å²) in [4.78, 5) is 55.9. The molecule has 2 aliphatic rings. The van der Waals surface area contributed by atoms with Gasteiger partial charge in [0.2, 0.25) is 11.8 Å². The van der Waals surface area contributed by atoms with E-state index in [-0.39, 0.29) is 29.7 Å². The number of fused-ring (bicyclic) bond motifs is 2. The van der Waals surface area contributed by atoms with Gasteiger partial charge in [0.15, 0.2) is 0 Å². The minimum atomic E-state index is -0.760. The third kappa shape index (κ3) is 7.38. The van der Waals surface area contributed by atoms with Crippen molar-refractivity contribution in [1.29, 1.82) is 0 Å². The molecule has 0 aliphatic carbocycles. The molecule has 2 N–H and O–H groups in total. The van der Waals surface area contributed by atoms with Crippen LogP contribution in [0, 0.1) is 5.92 Å². The summed E-state index contributed by atoms with van der Waals surface area (Å²) in [6.45, 7) is 9.55. The molecule has 1 unspecified atom stereocenters. The number of nitrogens with one attached hydrogen (secondary N) is 2. The van der Waals surface area contributed by atoms with Crippen molar-refractivity contribution in [2.24, 2.45) is 5.92 Å². The molecule has 1 atom stereocenters. The molecule has 0 aromatic heterocycles. The quantitative estimate of drug-likeness (QED) is 0.406. The van der Waals surface area contributed by atoms with Crippen LogP contribution in [0.2, 0.25) is 0 Å². The Kier molecular flexibility index (Phi) is 9.22. The first-order chi connectivity index (χ1) is 21.0. The Morgan fingerprint density at radius 1 is 0.886 bits per heavy atom. The van der Waals surface area contributed by atoms with Crippen molar-refractivity contribution in [3.05, 3.63) is 82.9 Å². The highest BCUT2D eigenvalue weighted by Crippen LogP contribution is 2.26. The van der Waals surface area contributed by atoms with Gasteiger partial charge in [-0.2, -0.15) is 0 Å². The van der Waals surface area contributed by atoms with Crippen LogP contribution in [0.15, 0.2) is 60.7 Å². The number of hydrogen-bond donors (Lipinski definition) is 2. The molecule has 1 fully saturated rings. The Labute approximate surface area is 258 Å². The minimum Gasteiger partial charge on any atom is -0.444 e. The van der Waals surface area contributed by atoms with Crippen LogP contribution in [0.4, 0.5) is 4.79 Å². The molecule has 44 heavy (non-hydrogen) atoms. The number of ether oxygens (including phenoxy) is 1. The summed E-state index contributed by atoms with van der Waals surface area (Å²) in [6.07, 6.45) is 0.979. The second-order valence-corrected chi connectivity index (χ2v) is 12.7. The third-order valence-corrected chi connectivity index (χ3v) is 8.23. The van der Waals surface area contributed by atoms with E-state index < -0.39 is 11.6 Å². The lowest BCUT2D eigenvalue weighted by Gasteiger charge is -2.33. The second-order valence-electron chi connectivity index (χ2n) is 12.7. The number of hydrogen-bond acceptors (Lipinski definition) is 5. The lowest BCUT2D eigenvalue weighted by molar-refractivity contribution is -0.138. The predicted molar refractivity (Wildman–Crippen MR) is 169 cm³/mol. The van der Waals surface area contributed by atoms with Crippen LogP contribution in [0.25, 0.3) is 10.8 Å². The highest BCUT2D eigenvalue weighted by molar-refractivity contribution is 5.95. The molecular formula is C35H42N4O5. The van der Waals surface area contributed by atoms with E-state index in [2.05, 4.69) is 16.7 Å². The SMILES string of the molecule is CCNC(=O)c1ccc2c(c1)CN(C(=O)C(Cc1ccc3ccccc3c1)NC(=O)C1CCN(C(=O)OC(C)(C)C)CC1)C2. The van der Waals surface area contributed by atoms with E-state index >= 15 is 0 Å². The number of rotatable bonds is 7. The number of benzene rings is 3. The minimum absolute atomic E-state index is 0.140. The Balaban J connectivity index is 1.30. The second kappa shape index (κ2) is 13.1. The molecule has 0 saturated carbocycles. The zero-order valence-electron chi connectivity index (χ0n) is 26.0. The fraction of sp³-hybridized carbons (Fsp3) is 0.429. The van der Waals surface area contributed by atoms with Crippen LogP contribution in [0.3, 0.4) is 0 Å². The van der Waals surface area contributed by atoms with Crippen LogP contribution in [0.1, 0.15) is 67.6 Å². The summed E-state index contributed by atoms with van der Waals surface area (Å²) in [6, 6.07) is 19.0. The average Bonchev–Trinajstić information content (AvgIpc) is 3.43. The smallest absolute Gasteiger partial charge is 0.410 e. The molecule has 0 spiro atoms. The zero-order chi connectivity index (χ0) is 31.4. The number of nitrogens with zero attached hydrogens (tertiary/aromatic N) is 2. The van der Waals surface area contributed by atoms with Gasteiger partial charge in [-0.05, 0) is 80.1 Å². The lowest BCUT2D eigenvalue weighted by Crippen LogP contribution is -2.51. The summed E-state index contributed by atoms with van der Waals surface area (Å²) in [7, 11) is 0. The first-order valence-corrected chi connectivity index (χ1v) is 15.5. The van der Waals surface area contributed by atoms with Crippen LogP contribution >= 0.6 is 0 Å². The topological polar surface area (TPSA) is 108 Å². The maximum Gasteiger partial charge on any atom is 0.410 e. The standard InChI is InChI=1S/C35H42N4O5/c1-5-36-31(40)27-12-13-28-21-39(22-29(28)20-27)33(42)30(19-23-10-11-24-8-6-7-9-26(24)18-23)37-32(41)25-14-16-38(17-15-25)34(43)44-35(2,3)4/h6-13,18,20,25,30H,5,14-17,19,21-22H2,1-4H3,(H,36,40)(H,37,41). The van der Waals surface area contributed by atoms with Crippen LogP contribution in [-0.4, -0.2) is 64.9 Å². The Morgan fingerprint density at radius 3 is 2.30 bits per heavy atom. The van der Waals surface area contributed by atoms with Crippen molar-refractivity contribution in [2.75, 3.05) is 19.6 Å². The van der Waals surface area contributed by atoms with Gasteiger partial charge in [0.05, 0.1) is 0 Å². The van der Waals surface area contributed by atoms with E-state index in [1.165, 1.54) is 0 Å². The normalized spacial score (nSPS) is 15.9. The summed E-state index contributed by atoms with van der Waals surface area (Å²) in [5.41, 5.74) is 2.88. The Hall–Kier alpha value is -4.40. The molecule has 1 saturated heterocycles. The van der Waals surface area contributed by atoms with Crippen LogP contribution < -0.4 is 10.6 Å². The monoisotopic (exact) mass is 598 g/mol. The molecule has 2 heterocycles. The van der Waals surface area contributed by atoms with E-state index in [0.29, 0.717) is 57.5 Å². The van der Waals surface area contributed by atoms with E-state index in [9.17, 15) is 19.2 Å². The molecule has 0 bridgehead atoms. The van der Waals surface area contributed by atoms with Crippen LogP contribution in [0.5, 0.6) is 0 Å². The van der Waals surface area contributed by atoms with Crippen molar-refractivity contribution in [3.8, 4) is 0 Å². The number of likely N-dealkylation sites (tertiary alicyclic amines) is 1. The number of amides is 4. The molecule has 4 amide bonds. The maximum absolute atomic E-state index is 14.1. The van der Waals surface area contributed by atoms with Gasteiger partial charge in [0.25, 0.3) is 5.91 Å². The van der Waals surface area contributed by atoms with E-state index in [1.807, 2.05) is 76.2 Å². The van der Waals surface area contributed by atoms with Crippen LogP contribution in [-0.2, 0) is 33.8 Å². The van der Waals surface area contributed by atoms with Gasteiger partial charge in [-0.1, -0.05) is 48.5 Å². The van der Waals surface area contributed by atoms with Gasteiger partial charge in [-0.3, -0.25) is 14.4 Å². The molecule has 9 nitrogen and oxygen atoms in total. The molecule has 0 radical (unpaired) electrons. The fourth-order valence-corrected chi connectivity index (χ4v) is 5.92. The number of carbonyl (C=O) groups is 4. The van der Waals surface area contributed by atoms with Crippen molar-refractivity contribution >= 4 is 34.6 Å². The largest absolute Gasteiger partial charge is 0.444 e. The van der Waals surface area contributed by atoms with Gasteiger partial charge in [-0.15, -0.1) is 0 Å². The van der Waals surface area contributed by atoms with Gasteiger partial charge in [0.1, 0.15) is 11.6 Å². The molecule has 5 rings (SSSR count). The molecule has 9 heteroatoms. The Morgan fingerprint density at radius 2 is 1.59 bits per heavy atom. The summed E-state index contributed by atoms with van der Waals surface area (Å²) in [5, 5.41) is 8.09. The third-order valence-electron chi connectivity index (χ3n) is 8.23. The van der Waals surface area contributed by atoms with Gasteiger partial charge >= 0.3 is 6.09 Å². The summed E-state index contributed by atoms with van der Waals surface area (Å²) in [5.74, 6) is -0.785. The fourth-order valence-electron chi connectivity index (χ4n) is 5.92. The molecule has 3 aromatic carbocycles. The first-order valence-electron chi connectivity index (χ1n) is 15.5. The highest BCUT2D eigenvalue weighted by atomic mass is 16.6. The van der Waals surface area contributed by atoms with Crippen molar-refractivity contribution in [1.82, 2.24) is 20.4 Å². The Bertz CT molecular complexity index is 1550. The van der Waals surface area contributed by atoms with Crippen molar-refractivity contribution < 1.29 is 23.9 Å². The van der Waals surface area contributed by atoms with Crippen molar-refractivity contribution in [3.63, 3.8) is 0 Å². The number of carbonyl (C=O) groups excluding carboxylic acids is 4. The molecule has 3 aromatic rings. The van der Waals surface area contributed by atoms with Gasteiger partial charge < -0.3 is 25.2 Å². The summed E-state index contributed by atoms with van der Waals surface area (Å²) < 4.78 is 5.50. The van der Waals surface area contributed by atoms with E-state index in [4.69, 9.17) is 4.74 Å². The molecule has 2 aliphatic heterocycles. The summed E-state index contributed by atoms with van der Waals surface area (Å²) >= 11 is 0. The van der Waals surface area contributed by atoms with Crippen molar-refractivity contribution in [2.45, 2.75) is 71.7 Å². The molecular weight excluding hydrogens is 556 g/mol. The highest BCUT2D eigenvalue weighted by Gasteiger charge is 2.34. The predicted octanol–water partition coefficient (Wildman–Crippen LogP) is 4.81. The number of piperidine rings is 1. The maximum atomic E-state index is 14.1. The van der Waals surface area contributed by atoms with Gasteiger partial charge in [0, 0.05) is 50.6 Å². The van der Waals surface area contributed by atoms with Gasteiger partial charge in [-0.25, -0.2) is 4.79 Å².